The van der Waals surface area contributed by atoms with E-state index >= 15 is 0 Å². The Morgan fingerprint density at radius 1 is 1.62 bits per heavy atom. The molecule has 0 radical (unpaired) electrons. The van der Waals surface area contributed by atoms with Crippen LogP contribution in [0.3, 0.4) is 0 Å². The van der Waals surface area contributed by atoms with E-state index in [1.165, 1.54) is 0 Å². The molecule has 5 nitrogen and oxygen atoms in total. The average molecular weight is 225 g/mol. The molecule has 5 heteroatoms. The van der Waals surface area contributed by atoms with E-state index in [9.17, 15) is 0 Å². The van der Waals surface area contributed by atoms with Crippen molar-refractivity contribution in [2.45, 2.75) is 19.6 Å². The molecule has 0 spiro atoms. The van der Waals surface area contributed by atoms with E-state index in [2.05, 4.69) is 15.4 Å². The van der Waals surface area contributed by atoms with E-state index in [1.54, 1.807) is 0 Å². The number of rotatable bonds is 4. The van der Waals surface area contributed by atoms with E-state index in [1.807, 2.05) is 20.0 Å². The van der Waals surface area contributed by atoms with Gasteiger partial charge in [-0.15, -0.1) is 0 Å². The Balaban J connectivity index is 1.85. The summed E-state index contributed by atoms with van der Waals surface area (Å²) < 4.78 is 10.9. The molecule has 0 bridgehead atoms. The van der Waals surface area contributed by atoms with Crippen LogP contribution < -0.4 is 5.32 Å². The third-order valence-corrected chi connectivity index (χ3v) is 2.71. The first kappa shape index (κ1) is 11.6. The lowest BCUT2D eigenvalue weighted by Gasteiger charge is -2.32. The molecule has 1 saturated heterocycles. The fourth-order valence-electron chi connectivity index (χ4n) is 1.99. The van der Waals surface area contributed by atoms with Gasteiger partial charge >= 0.3 is 0 Å². The molecule has 0 aliphatic carbocycles. The van der Waals surface area contributed by atoms with Crippen molar-refractivity contribution in [3.05, 3.63) is 17.5 Å². The molecule has 2 rings (SSSR count). The van der Waals surface area contributed by atoms with Crippen LogP contribution in [-0.4, -0.2) is 49.4 Å². The number of nitrogens with one attached hydrogen (secondary N) is 1. The highest BCUT2D eigenvalue weighted by Crippen LogP contribution is 2.10. The first-order valence-electron chi connectivity index (χ1n) is 5.68. The lowest BCUT2D eigenvalue weighted by atomic mass is 10.2. The van der Waals surface area contributed by atoms with Crippen LogP contribution in [0, 0.1) is 6.92 Å². The summed E-state index contributed by atoms with van der Waals surface area (Å²) >= 11 is 0. The molecular weight excluding hydrogens is 206 g/mol. The van der Waals surface area contributed by atoms with Gasteiger partial charge in [-0.2, -0.15) is 0 Å². The molecule has 0 amide bonds. The summed E-state index contributed by atoms with van der Waals surface area (Å²) in [4.78, 5) is 2.34. The molecule has 0 aromatic carbocycles. The van der Waals surface area contributed by atoms with Crippen LogP contribution in [-0.2, 0) is 11.3 Å². The van der Waals surface area contributed by atoms with Gasteiger partial charge in [-0.25, -0.2) is 0 Å². The monoisotopic (exact) mass is 225 g/mol. The zero-order chi connectivity index (χ0) is 11.4. The van der Waals surface area contributed by atoms with Gasteiger partial charge in [0.15, 0.2) is 5.76 Å². The minimum absolute atomic E-state index is 0.280. The first-order valence-corrected chi connectivity index (χ1v) is 5.68. The Kier molecular flexibility index (Phi) is 3.93. The second-order valence-electron chi connectivity index (χ2n) is 4.22. The largest absolute Gasteiger partial charge is 0.374 e. The summed E-state index contributed by atoms with van der Waals surface area (Å²) in [6.07, 6.45) is 0.280. The van der Waals surface area contributed by atoms with Crippen molar-refractivity contribution < 1.29 is 9.26 Å². The van der Waals surface area contributed by atoms with Gasteiger partial charge < -0.3 is 14.6 Å². The van der Waals surface area contributed by atoms with Crippen molar-refractivity contribution in [2.75, 3.05) is 33.3 Å². The fourth-order valence-corrected chi connectivity index (χ4v) is 1.99. The van der Waals surface area contributed by atoms with E-state index in [-0.39, 0.29) is 6.10 Å². The summed E-state index contributed by atoms with van der Waals surface area (Å²) in [5, 5.41) is 7.03. The standard InChI is InChI=1S/C11H19N3O2/c1-9-5-10(16-13-9)7-14-3-4-15-11(8-14)6-12-2/h5,11-12H,3-4,6-8H2,1-2H3. The number of aryl methyl sites for hydroxylation is 1. The molecule has 16 heavy (non-hydrogen) atoms. The van der Waals surface area contributed by atoms with Crippen molar-refractivity contribution in [3.63, 3.8) is 0 Å². The van der Waals surface area contributed by atoms with Crippen LogP contribution in [0.2, 0.25) is 0 Å². The maximum atomic E-state index is 5.64. The number of hydrogen-bond acceptors (Lipinski definition) is 5. The van der Waals surface area contributed by atoms with Gasteiger partial charge in [-0.3, -0.25) is 4.90 Å². The van der Waals surface area contributed by atoms with Crippen LogP contribution in [0.15, 0.2) is 10.6 Å². The molecule has 90 valence electrons. The van der Waals surface area contributed by atoms with E-state index < -0.39 is 0 Å². The molecule has 2 heterocycles. The van der Waals surface area contributed by atoms with Gasteiger partial charge in [0.25, 0.3) is 0 Å². The Bertz CT molecular complexity index is 325. The van der Waals surface area contributed by atoms with Gasteiger partial charge in [0.1, 0.15) is 0 Å². The summed E-state index contributed by atoms with van der Waals surface area (Å²) in [6, 6.07) is 1.99. The molecule has 1 unspecified atom stereocenters. The van der Waals surface area contributed by atoms with Gasteiger partial charge in [0, 0.05) is 25.7 Å². The molecule has 1 aliphatic heterocycles. The predicted octanol–water partition coefficient (Wildman–Crippen LogP) is 0.403. The Hall–Kier alpha value is -0.910. The van der Waals surface area contributed by atoms with Gasteiger partial charge in [0.05, 0.1) is 24.9 Å². The second kappa shape index (κ2) is 5.43. The van der Waals surface area contributed by atoms with Crippen molar-refractivity contribution in [1.29, 1.82) is 0 Å². The quantitative estimate of drug-likeness (QED) is 0.804. The van der Waals surface area contributed by atoms with E-state index in [0.29, 0.717) is 0 Å². The highest BCUT2D eigenvalue weighted by atomic mass is 16.5. The molecule has 1 atom stereocenters. The van der Waals surface area contributed by atoms with Crippen molar-refractivity contribution in [3.8, 4) is 0 Å². The molecular formula is C11H19N3O2. The number of aromatic nitrogens is 1. The fraction of sp³-hybridized carbons (Fsp3) is 0.727. The highest BCUT2D eigenvalue weighted by Gasteiger charge is 2.20. The maximum absolute atomic E-state index is 5.64. The summed E-state index contributed by atoms with van der Waals surface area (Å²) in [5.41, 5.74) is 0.940. The molecule has 1 N–H and O–H groups in total. The molecule has 1 aliphatic rings. The topological polar surface area (TPSA) is 50.5 Å². The third kappa shape index (κ3) is 3.04. The highest BCUT2D eigenvalue weighted by molar-refractivity contribution is 5.03. The molecule has 1 fully saturated rings. The van der Waals surface area contributed by atoms with E-state index in [4.69, 9.17) is 9.26 Å². The number of likely N-dealkylation sites (N-methyl/N-ethyl adjacent to an activating group) is 1. The van der Waals surface area contributed by atoms with Crippen LogP contribution in [0.4, 0.5) is 0 Å². The molecule has 1 aromatic heterocycles. The zero-order valence-corrected chi connectivity index (χ0v) is 9.90. The third-order valence-electron chi connectivity index (χ3n) is 2.71. The van der Waals surface area contributed by atoms with Crippen LogP contribution in [0.5, 0.6) is 0 Å². The van der Waals surface area contributed by atoms with Crippen LogP contribution in [0.1, 0.15) is 11.5 Å². The maximum Gasteiger partial charge on any atom is 0.150 e. The molecule has 0 saturated carbocycles. The lowest BCUT2D eigenvalue weighted by molar-refractivity contribution is -0.0313. The average Bonchev–Trinajstić information content (AvgIpc) is 2.65. The summed E-state index contributed by atoms with van der Waals surface area (Å²) in [6.45, 7) is 6.35. The van der Waals surface area contributed by atoms with Gasteiger partial charge in [-0.05, 0) is 14.0 Å². The SMILES string of the molecule is CNCC1CN(Cc2cc(C)no2)CCO1. The Labute approximate surface area is 95.7 Å². The number of nitrogens with zero attached hydrogens (tertiary/aromatic N) is 2. The minimum Gasteiger partial charge on any atom is -0.374 e. The lowest BCUT2D eigenvalue weighted by Crippen LogP contribution is -2.45. The minimum atomic E-state index is 0.280. The van der Waals surface area contributed by atoms with Crippen molar-refractivity contribution in [1.82, 2.24) is 15.4 Å². The van der Waals surface area contributed by atoms with Crippen molar-refractivity contribution in [2.24, 2.45) is 0 Å². The van der Waals surface area contributed by atoms with E-state index in [0.717, 1.165) is 44.2 Å². The van der Waals surface area contributed by atoms with Crippen molar-refractivity contribution >= 4 is 0 Å². The summed E-state index contributed by atoms with van der Waals surface area (Å²) in [5.74, 6) is 0.933. The van der Waals surface area contributed by atoms with Gasteiger partial charge in [0.2, 0.25) is 0 Å². The van der Waals surface area contributed by atoms with Crippen LogP contribution in [0.25, 0.3) is 0 Å². The van der Waals surface area contributed by atoms with Crippen LogP contribution >= 0.6 is 0 Å². The predicted molar refractivity (Wildman–Crippen MR) is 60.2 cm³/mol. The summed E-state index contributed by atoms with van der Waals surface area (Å²) in [7, 11) is 1.95. The normalized spacial score (nSPS) is 22.5. The van der Waals surface area contributed by atoms with Gasteiger partial charge in [-0.1, -0.05) is 5.16 Å². The number of morpholine rings is 1. The Morgan fingerprint density at radius 2 is 2.50 bits per heavy atom. The zero-order valence-electron chi connectivity index (χ0n) is 9.90. The Morgan fingerprint density at radius 3 is 3.19 bits per heavy atom. The first-order chi connectivity index (χ1) is 7.78. The number of ether oxygens (including phenoxy) is 1. The molecule has 1 aromatic rings. The smallest absolute Gasteiger partial charge is 0.150 e. The second-order valence-corrected chi connectivity index (χ2v) is 4.22. The number of hydrogen-bond donors (Lipinski definition) is 1.